The Balaban J connectivity index is 2.12. The van der Waals surface area contributed by atoms with E-state index >= 15 is 0 Å². The zero-order chi connectivity index (χ0) is 23.4. The van der Waals surface area contributed by atoms with Crippen LogP contribution in [-0.4, -0.2) is 36.0 Å². The molecular weight excluding hydrogens is 436 g/mol. The topological polar surface area (TPSA) is 99.0 Å². The van der Waals surface area contributed by atoms with E-state index in [4.69, 9.17) is 21.1 Å². The zero-order valence-corrected chi connectivity index (χ0v) is 18.5. The smallest absolute Gasteiger partial charge is 0.336 e. The van der Waals surface area contributed by atoms with Crippen molar-refractivity contribution in [2.75, 3.05) is 14.2 Å². The lowest BCUT2D eigenvalue weighted by Crippen LogP contribution is -2.28. The van der Waals surface area contributed by atoms with E-state index < -0.39 is 22.8 Å². The SMILES string of the molecule is COC(=O)C1=CN(Cc2ccc(Cl)cc2)C=C(C(=O)OC)C1c1ccc(C)c([N+](=O)[O-])c1. The highest BCUT2D eigenvalue weighted by Crippen LogP contribution is 2.39. The van der Waals surface area contributed by atoms with Gasteiger partial charge < -0.3 is 14.4 Å². The maximum Gasteiger partial charge on any atom is 0.336 e. The molecular formula is C23H21ClN2O6. The van der Waals surface area contributed by atoms with Gasteiger partial charge in [-0.2, -0.15) is 0 Å². The molecule has 0 fully saturated rings. The van der Waals surface area contributed by atoms with Gasteiger partial charge in [0, 0.05) is 35.6 Å². The molecule has 2 aromatic carbocycles. The first-order chi connectivity index (χ1) is 15.2. The predicted molar refractivity (Wildman–Crippen MR) is 118 cm³/mol. The summed E-state index contributed by atoms with van der Waals surface area (Å²) in [5.41, 5.74) is 1.96. The fourth-order valence-corrected chi connectivity index (χ4v) is 3.67. The van der Waals surface area contributed by atoms with Crippen molar-refractivity contribution in [2.45, 2.75) is 19.4 Å². The molecule has 32 heavy (non-hydrogen) atoms. The van der Waals surface area contributed by atoms with Crippen LogP contribution in [0.4, 0.5) is 5.69 Å². The number of carbonyl (C=O) groups excluding carboxylic acids is 2. The fourth-order valence-electron chi connectivity index (χ4n) is 3.54. The van der Waals surface area contributed by atoms with Gasteiger partial charge in [-0.3, -0.25) is 10.1 Å². The molecule has 0 saturated heterocycles. The molecule has 2 aromatic rings. The minimum absolute atomic E-state index is 0.112. The van der Waals surface area contributed by atoms with Crippen molar-refractivity contribution in [3.63, 3.8) is 0 Å². The van der Waals surface area contributed by atoms with E-state index in [1.54, 1.807) is 48.5 Å². The maximum absolute atomic E-state index is 12.7. The summed E-state index contributed by atoms with van der Waals surface area (Å²) >= 11 is 5.95. The summed E-state index contributed by atoms with van der Waals surface area (Å²) in [5.74, 6) is -2.21. The first-order valence-corrected chi connectivity index (χ1v) is 9.98. The van der Waals surface area contributed by atoms with Gasteiger partial charge in [0.2, 0.25) is 0 Å². The minimum Gasteiger partial charge on any atom is -0.466 e. The number of hydrogen-bond donors (Lipinski definition) is 0. The number of ether oxygens (including phenoxy) is 2. The number of halogens is 1. The molecule has 0 N–H and O–H groups in total. The number of nitrogens with zero attached hydrogens (tertiary/aromatic N) is 2. The Kier molecular flexibility index (Phi) is 6.95. The summed E-state index contributed by atoms with van der Waals surface area (Å²) in [5, 5.41) is 12.0. The monoisotopic (exact) mass is 456 g/mol. The Morgan fingerprint density at radius 2 is 1.59 bits per heavy atom. The zero-order valence-electron chi connectivity index (χ0n) is 17.7. The molecule has 0 atom stereocenters. The summed E-state index contributed by atoms with van der Waals surface area (Å²) in [6.07, 6.45) is 3.15. The quantitative estimate of drug-likeness (QED) is 0.363. The number of aryl methyl sites for hydroxylation is 1. The van der Waals surface area contributed by atoms with Crippen molar-refractivity contribution in [3.05, 3.63) is 97.8 Å². The Bertz CT molecular complexity index is 1090. The highest BCUT2D eigenvalue weighted by molar-refractivity contribution is 6.30. The normalized spacial score (nSPS) is 13.8. The maximum atomic E-state index is 12.7. The van der Waals surface area contributed by atoms with Crippen LogP contribution in [0, 0.1) is 17.0 Å². The molecule has 9 heteroatoms. The van der Waals surface area contributed by atoms with E-state index in [1.807, 2.05) is 12.1 Å². The van der Waals surface area contributed by atoms with Gasteiger partial charge in [-0.25, -0.2) is 9.59 Å². The van der Waals surface area contributed by atoms with Gasteiger partial charge in [0.15, 0.2) is 0 Å². The molecule has 1 aliphatic heterocycles. The summed E-state index contributed by atoms with van der Waals surface area (Å²) in [4.78, 5) is 38.0. The van der Waals surface area contributed by atoms with Crippen LogP contribution in [0.1, 0.15) is 22.6 Å². The van der Waals surface area contributed by atoms with Crippen LogP contribution in [-0.2, 0) is 25.6 Å². The lowest BCUT2D eigenvalue weighted by molar-refractivity contribution is -0.385. The average molecular weight is 457 g/mol. The molecule has 1 heterocycles. The van der Waals surface area contributed by atoms with E-state index in [1.165, 1.54) is 20.3 Å². The van der Waals surface area contributed by atoms with Gasteiger partial charge in [-0.1, -0.05) is 35.9 Å². The Morgan fingerprint density at radius 3 is 2.09 bits per heavy atom. The first kappa shape index (κ1) is 23.0. The molecule has 1 aliphatic rings. The molecule has 0 amide bonds. The second-order valence-electron chi connectivity index (χ2n) is 7.19. The Hall–Kier alpha value is -3.65. The van der Waals surface area contributed by atoms with Crippen LogP contribution in [0.2, 0.25) is 5.02 Å². The van der Waals surface area contributed by atoms with Crippen LogP contribution in [0.25, 0.3) is 0 Å². The van der Waals surface area contributed by atoms with Crippen molar-refractivity contribution in [2.24, 2.45) is 0 Å². The third-order valence-electron chi connectivity index (χ3n) is 5.12. The van der Waals surface area contributed by atoms with Gasteiger partial charge in [-0.05, 0) is 30.2 Å². The summed E-state index contributed by atoms with van der Waals surface area (Å²) in [7, 11) is 2.47. The molecule has 0 radical (unpaired) electrons. The Labute approximate surface area is 189 Å². The minimum atomic E-state index is -0.893. The lowest BCUT2D eigenvalue weighted by atomic mass is 9.82. The van der Waals surface area contributed by atoms with E-state index in [-0.39, 0.29) is 16.8 Å². The lowest BCUT2D eigenvalue weighted by Gasteiger charge is -2.30. The third kappa shape index (κ3) is 4.81. The number of methoxy groups -OCH3 is 2. The van der Waals surface area contributed by atoms with Crippen molar-refractivity contribution in [3.8, 4) is 0 Å². The average Bonchev–Trinajstić information content (AvgIpc) is 2.79. The van der Waals surface area contributed by atoms with Crippen LogP contribution in [0.3, 0.4) is 0 Å². The molecule has 0 saturated carbocycles. The van der Waals surface area contributed by atoms with Crippen molar-refractivity contribution in [1.82, 2.24) is 4.90 Å². The molecule has 0 unspecified atom stereocenters. The van der Waals surface area contributed by atoms with E-state index in [9.17, 15) is 19.7 Å². The largest absolute Gasteiger partial charge is 0.466 e. The molecule has 0 bridgehead atoms. The van der Waals surface area contributed by atoms with Crippen LogP contribution in [0.15, 0.2) is 66.0 Å². The summed E-state index contributed by atoms with van der Waals surface area (Å²) in [6.45, 7) is 1.96. The van der Waals surface area contributed by atoms with Gasteiger partial charge in [0.1, 0.15) is 0 Å². The first-order valence-electron chi connectivity index (χ1n) is 9.60. The second kappa shape index (κ2) is 9.65. The number of carbonyl (C=O) groups is 2. The van der Waals surface area contributed by atoms with E-state index in [0.29, 0.717) is 22.7 Å². The Morgan fingerprint density at radius 1 is 1.03 bits per heavy atom. The molecule has 0 aromatic heterocycles. The van der Waals surface area contributed by atoms with Gasteiger partial charge in [0.05, 0.1) is 36.2 Å². The van der Waals surface area contributed by atoms with Crippen molar-refractivity contribution >= 4 is 29.2 Å². The number of rotatable bonds is 6. The predicted octanol–water partition coefficient (Wildman–Crippen LogP) is 4.27. The molecule has 3 rings (SSSR count). The standard InChI is InChI=1S/C23H21ClN2O6/c1-14-4-7-16(10-20(14)26(29)30)21-18(22(27)31-2)12-25(13-19(21)23(28)32-3)11-15-5-8-17(24)9-6-15/h4-10,12-13,21H,11H2,1-3H3. The van der Waals surface area contributed by atoms with E-state index in [0.717, 1.165) is 5.56 Å². The summed E-state index contributed by atoms with van der Waals surface area (Å²) in [6, 6.07) is 11.7. The van der Waals surface area contributed by atoms with Gasteiger partial charge in [-0.15, -0.1) is 0 Å². The number of nitro benzene ring substituents is 1. The van der Waals surface area contributed by atoms with Crippen LogP contribution in [0.5, 0.6) is 0 Å². The van der Waals surface area contributed by atoms with Gasteiger partial charge in [0.25, 0.3) is 5.69 Å². The van der Waals surface area contributed by atoms with Gasteiger partial charge >= 0.3 is 11.9 Å². The second-order valence-corrected chi connectivity index (χ2v) is 7.62. The van der Waals surface area contributed by atoms with Crippen molar-refractivity contribution in [1.29, 1.82) is 0 Å². The van der Waals surface area contributed by atoms with Crippen LogP contribution < -0.4 is 0 Å². The molecule has 0 spiro atoms. The van der Waals surface area contributed by atoms with Crippen molar-refractivity contribution < 1.29 is 24.0 Å². The molecule has 0 aliphatic carbocycles. The number of esters is 2. The third-order valence-corrected chi connectivity index (χ3v) is 5.37. The highest BCUT2D eigenvalue weighted by atomic mass is 35.5. The van der Waals surface area contributed by atoms with E-state index in [2.05, 4.69) is 0 Å². The summed E-state index contributed by atoms with van der Waals surface area (Å²) < 4.78 is 9.91. The fraction of sp³-hybridized carbons (Fsp3) is 0.217. The molecule has 8 nitrogen and oxygen atoms in total. The number of hydrogen-bond acceptors (Lipinski definition) is 7. The number of nitro groups is 1. The number of benzene rings is 2. The van der Waals surface area contributed by atoms with Crippen LogP contribution >= 0.6 is 11.6 Å². The molecule has 166 valence electrons. The highest BCUT2D eigenvalue weighted by Gasteiger charge is 2.36.